The van der Waals surface area contributed by atoms with Crippen LogP contribution in [-0.4, -0.2) is 53.7 Å². The van der Waals surface area contributed by atoms with Gasteiger partial charge in [-0.1, -0.05) is 6.07 Å². The van der Waals surface area contributed by atoms with Crippen molar-refractivity contribution < 1.29 is 13.9 Å². The number of halogens is 1. The van der Waals surface area contributed by atoms with Crippen molar-refractivity contribution in [2.45, 2.75) is 25.9 Å². The molecule has 0 saturated carbocycles. The van der Waals surface area contributed by atoms with Gasteiger partial charge in [-0.25, -0.2) is 14.2 Å². The first-order valence-electron chi connectivity index (χ1n) is 8.91. The van der Waals surface area contributed by atoms with Gasteiger partial charge >= 0.3 is 6.03 Å². The van der Waals surface area contributed by atoms with E-state index < -0.39 is 0 Å². The number of methoxy groups -OCH3 is 1. The molecule has 0 aromatic carbocycles. The quantitative estimate of drug-likeness (QED) is 0.892. The number of carbonyl (C=O) groups excluding carboxylic acids is 1. The van der Waals surface area contributed by atoms with Gasteiger partial charge in [0, 0.05) is 43.6 Å². The van der Waals surface area contributed by atoms with Gasteiger partial charge in [0.15, 0.2) is 5.82 Å². The average Bonchev–Trinajstić information content (AvgIpc) is 2.68. The summed E-state index contributed by atoms with van der Waals surface area (Å²) < 4.78 is 19.2. The Morgan fingerprint density at radius 3 is 2.89 bits per heavy atom. The zero-order valence-electron chi connectivity index (χ0n) is 15.7. The molecule has 0 radical (unpaired) electrons. The van der Waals surface area contributed by atoms with Crippen LogP contribution in [0.1, 0.15) is 25.5 Å². The summed E-state index contributed by atoms with van der Waals surface area (Å²) >= 11 is 0. The molecule has 2 aromatic rings. The van der Waals surface area contributed by atoms with Crippen molar-refractivity contribution in [2.75, 3.05) is 31.6 Å². The Bertz CT molecular complexity index is 803. The van der Waals surface area contributed by atoms with E-state index in [1.165, 1.54) is 6.20 Å². The first-order valence-corrected chi connectivity index (χ1v) is 8.91. The smallest absolute Gasteiger partial charge is 0.318 e. The predicted octanol–water partition coefficient (Wildman–Crippen LogP) is 2.61. The summed E-state index contributed by atoms with van der Waals surface area (Å²) in [6, 6.07) is 4.89. The van der Waals surface area contributed by atoms with Crippen LogP contribution in [0.25, 0.3) is 0 Å². The highest BCUT2D eigenvalue weighted by molar-refractivity contribution is 5.75. The van der Waals surface area contributed by atoms with Gasteiger partial charge in [-0.3, -0.25) is 4.98 Å². The SMILES string of the molecule is COc1ncccc1[C@@H](C)NC(=O)N1CCN(c2ccncc2F)C[C@H]1C. The number of ether oxygens (including phenoxy) is 1. The molecule has 2 atom stereocenters. The Morgan fingerprint density at radius 1 is 1.37 bits per heavy atom. The minimum absolute atomic E-state index is 0.0608. The number of rotatable bonds is 4. The first-order chi connectivity index (χ1) is 13.0. The Hall–Kier alpha value is -2.90. The summed E-state index contributed by atoms with van der Waals surface area (Å²) in [6.45, 7) is 5.47. The summed E-state index contributed by atoms with van der Waals surface area (Å²) in [5.41, 5.74) is 1.34. The second-order valence-electron chi connectivity index (χ2n) is 6.59. The van der Waals surface area contributed by atoms with Crippen molar-refractivity contribution >= 4 is 11.7 Å². The van der Waals surface area contributed by atoms with Crippen LogP contribution in [-0.2, 0) is 0 Å². The molecule has 0 aliphatic carbocycles. The van der Waals surface area contributed by atoms with Gasteiger partial charge in [0.05, 0.1) is 25.0 Å². The van der Waals surface area contributed by atoms with Gasteiger partial charge in [0.1, 0.15) is 0 Å². The van der Waals surface area contributed by atoms with Crippen LogP contribution in [0.15, 0.2) is 36.8 Å². The molecule has 0 bridgehead atoms. The highest BCUT2D eigenvalue weighted by Gasteiger charge is 2.29. The molecular weight excluding hydrogens is 349 g/mol. The second kappa shape index (κ2) is 8.20. The minimum atomic E-state index is -0.347. The molecule has 0 spiro atoms. The lowest BCUT2D eigenvalue weighted by atomic mass is 10.1. The zero-order chi connectivity index (χ0) is 19.4. The van der Waals surface area contributed by atoms with Gasteiger partial charge < -0.3 is 19.9 Å². The number of hydrogen-bond donors (Lipinski definition) is 1. The third-order valence-electron chi connectivity index (χ3n) is 4.78. The molecule has 2 amide bonds. The standard InChI is InChI=1S/C19H24FN5O2/c1-13-12-24(17-6-8-21-11-16(17)20)9-10-25(13)19(26)23-14(2)15-5-4-7-22-18(15)27-3/h4-8,11,13-14H,9-10,12H2,1-3H3,(H,23,26)/t13-,14-/m1/s1. The highest BCUT2D eigenvalue weighted by atomic mass is 19.1. The van der Waals surface area contributed by atoms with Crippen LogP contribution in [0, 0.1) is 5.82 Å². The van der Waals surface area contributed by atoms with Crippen LogP contribution < -0.4 is 15.0 Å². The second-order valence-corrected chi connectivity index (χ2v) is 6.59. The summed E-state index contributed by atoms with van der Waals surface area (Å²) in [5, 5.41) is 3.00. The van der Waals surface area contributed by atoms with Crippen molar-refractivity contribution in [3.05, 3.63) is 48.2 Å². The molecule has 3 heterocycles. The van der Waals surface area contributed by atoms with E-state index in [-0.39, 0.29) is 23.9 Å². The van der Waals surface area contributed by atoms with Crippen molar-refractivity contribution in [1.82, 2.24) is 20.2 Å². The number of piperazine rings is 1. The largest absolute Gasteiger partial charge is 0.481 e. The van der Waals surface area contributed by atoms with Crippen LogP contribution in [0.5, 0.6) is 5.88 Å². The molecule has 1 fully saturated rings. The van der Waals surface area contributed by atoms with E-state index in [0.29, 0.717) is 31.2 Å². The highest BCUT2D eigenvalue weighted by Crippen LogP contribution is 2.24. The third kappa shape index (κ3) is 4.10. The molecule has 27 heavy (non-hydrogen) atoms. The van der Waals surface area contributed by atoms with Crippen LogP contribution in [0.4, 0.5) is 14.9 Å². The van der Waals surface area contributed by atoms with E-state index in [1.54, 1.807) is 30.5 Å². The van der Waals surface area contributed by atoms with Crippen molar-refractivity contribution in [1.29, 1.82) is 0 Å². The topological polar surface area (TPSA) is 70.6 Å². The summed E-state index contributed by atoms with van der Waals surface area (Å²) in [5.74, 6) is 0.149. The number of hydrogen-bond acceptors (Lipinski definition) is 5. The first kappa shape index (κ1) is 18.9. The maximum Gasteiger partial charge on any atom is 0.318 e. The molecule has 0 unspecified atom stereocenters. The van der Waals surface area contributed by atoms with Crippen molar-refractivity contribution in [3.8, 4) is 5.88 Å². The van der Waals surface area contributed by atoms with E-state index >= 15 is 0 Å². The van der Waals surface area contributed by atoms with E-state index in [1.807, 2.05) is 30.9 Å². The number of anilines is 1. The van der Waals surface area contributed by atoms with Gasteiger partial charge in [-0.2, -0.15) is 0 Å². The average molecular weight is 373 g/mol. The number of amides is 2. The lowest BCUT2D eigenvalue weighted by Gasteiger charge is -2.41. The Morgan fingerprint density at radius 2 is 2.19 bits per heavy atom. The van der Waals surface area contributed by atoms with Crippen molar-refractivity contribution in [3.63, 3.8) is 0 Å². The van der Waals surface area contributed by atoms with Gasteiger partial charge in [0.25, 0.3) is 0 Å². The number of urea groups is 1. The lowest BCUT2D eigenvalue weighted by molar-refractivity contribution is 0.168. The fourth-order valence-corrected chi connectivity index (χ4v) is 3.35. The van der Waals surface area contributed by atoms with E-state index in [9.17, 15) is 9.18 Å². The number of nitrogens with zero attached hydrogens (tertiary/aromatic N) is 4. The molecule has 1 aliphatic heterocycles. The molecule has 1 N–H and O–H groups in total. The van der Waals surface area contributed by atoms with Crippen molar-refractivity contribution in [2.24, 2.45) is 0 Å². The van der Waals surface area contributed by atoms with Gasteiger partial charge in [-0.05, 0) is 26.0 Å². The van der Waals surface area contributed by atoms with E-state index in [2.05, 4.69) is 15.3 Å². The van der Waals surface area contributed by atoms with Gasteiger partial charge in [-0.15, -0.1) is 0 Å². The Labute approximate surface area is 158 Å². The lowest BCUT2D eigenvalue weighted by Crippen LogP contribution is -2.57. The van der Waals surface area contributed by atoms with E-state index in [4.69, 9.17) is 4.74 Å². The Kier molecular flexibility index (Phi) is 5.73. The van der Waals surface area contributed by atoms with Crippen LogP contribution >= 0.6 is 0 Å². The zero-order valence-corrected chi connectivity index (χ0v) is 15.7. The van der Waals surface area contributed by atoms with Crippen LogP contribution in [0.2, 0.25) is 0 Å². The number of nitrogens with one attached hydrogen (secondary N) is 1. The minimum Gasteiger partial charge on any atom is -0.481 e. The molecule has 144 valence electrons. The number of aromatic nitrogens is 2. The fraction of sp³-hybridized carbons (Fsp3) is 0.421. The molecule has 3 rings (SSSR count). The van der Waals surface area contributed by atoms with Gasteiger partial charge in [0.2, 0.25) is 5.88 Å². The fourth-order valence-electron chi connectivity index (χ4n) is 3.35. The number of carbonyl (C=O) groups is 1. The number of pyridine rings is 2. The normalized spacial score (nSPS) is 18.1. The molecule has 8 heteroatoms. The maximum atomic E-state index is 14.0. The van der Waals surface area contributed by atoms with Crippen LogP contribution in [0.3, 0.4) is 0 Å². The summed E-state index contributed by atoms with van der Waals surface area (Å²) in [6.07, 6.45) is 4.43. The molecule has 2 aromatic heterocycles. The molecular formula is C19H24FN5O2. The maximum absolute atomic E-state index is 14.0. The summed E-state index contributed by atoms with van der Waals surface area (Å²) in [4.78, 5) is 24.4. The van der Waals surface area contributed by atoms with E-state index in [0.717, 1.165) is 5.56 Å². The predicted molar refractivity (Wildman–Crippen MR) is 100 cm³/mol. The Balaban J connectivity index is 1.64. The molecule has 1 saturated heterocycles. The summed E-state index contributed by atoms with van der Waals surface area (Å²) in [7, 11) is 1.56. The molecule has 7 nitrogen and oxygen atoms in total. The monoisotopic (exact) mass is 373 g/mol. The molecule has 1 aliphatic rings. The third-order valence-corrected chi connectivity index (χ3v) is 4.78.